The van der Waals surface area contributed by atoms with Gasteiger partial charge in [0.2, 0.25) is 0 Å². The summed E-state index contributed by atoms with van der Waals surface area (Å²) in [4.78, 5) is 30.9. The Labute approximate surface area is 205 Å². The van der Waals surface area contributed by atoms with Crippen molar-refractivity contribution < 1.29 is 161 Å². The second-order valence-electron chi connectivity index (χ2n) is 2.67. The van der Waals surface area contributed by atoms with Gasteiger partial charge in [-0.2, -0.15) is 0 Å². The van der Waals surface area contributed by atoms with Gasteiger partial charge in [-0.05, 0) is 0 Å². The molecule has 92 valence electrons. The van der Waals surface area contributed by atoms with Crippen LogP contribution in [0.5, 0.6) is 0 Å². The molecule has 0 aromatic carbocycles. The zero-order valence-corrected chi connectivity index (χ0v) is 20.3. The Balaban J connectivity index is -0.000000187. The van der Waals surface area contributed by atoms with Gasteiger partial charge in [0.15, 0.2) is 0 Å². The third-order valence-corrected chi connectivity index (χ3v) is 1.91. The van der Waals surface area contributed by atoms with Gasteiger partial charge >= 0.3 is 118 Å². The van der Waals surface area contributed by atoms with E-state index in [0.717, 1.165) is 0 Å². The van der Waals surface area contributed by atoms with E-state index in [1.165, 1.54) is 0 Å². The molecule has 0 spiro atoms. The predicted molar refractivity (Wildman–Crippen MR) is 37.0 cm³/mol. The maximum atomic E-state index is 10.5. The third-order valence-electron chi connectivity index (χ3n) is 1.46. The first kappa shape index (κ1) is 33.9. The first-order valence-corrected chi connectivity index (χ1v) is 4.59. The molecule has 0 aromatic heterocycles. The van der Waals surface area contributed by atoms with Gasteiger partial charge in [0.25, 0.3) is 0 Å². The topological polar surface area (TPSA) is 170 Å². The SMILES string of the molecule is O=C([O-])CC(CC(=O)[O-])(OS(=O)[O-])C(=O)[O-].[Na+].[Na+].[Na+].[Na+]. The molecular formula is C6H4Na4O9S. The molecule has 0 rings (SSSR count). The summed E-state index contributed by atoms with van der Waals surface area (Å²) in [6, 6.07) is 0. The van der Waals surface area contributed by atoms with Gasteiger partial charge in [-0.3, -0.25) is 4.18 Å². The fourth-order valence-corrected chi connectivity index (χ4v) is 1.34. The van der Waals surface area contributed by atoms with Crippen molar-refractivity contribution in [1.82, 2.24) is 0 Å². The van der Waals surface area contributed by atoms with Crippen LogP contribution >= 0.6 is 0 Å². The standard InChI is InChI=1S/C6H8O9S.4Na/c7-3(8)1-6(5(11)12,2-4(9)10)15-16(13)14;;;;/h1-2H2,(H,7,8)(H,9,10)(H,11,12)(H,13,14);;;;/q;4*+1/p-4. The largest absolute Gasteiger partial charge is 1.00 e. The fraction of sp³-hybridized carbons (Fsp3) is 0.500. The molecular weight excluding hydrogens is 340 g/mol. The minimum atomic E-state index is -3.44. The van der Waals surface area contributed by atoms with E-state index in [9.17, 15) is 38.5 Å². The van der Waals surface area contributed by atoms with Crippen molar-refractivity contribution in [2.45, 2.75) is 18.4 Å². The Morgan fingerprint density at radius 1 is 0.900 bits per heavy atom. The van der Waals surface area contributed by atoms with E-state index in [1.807, 2.05) is 0 Å². The van der Waals surface area contributed by atoms with Crippen LogP contribution in [0.2, 0.25) is 0 Å². The predicted octanol–water partition coefficient (Wildman–Crippen LogP) is -17.4. The molecule has 14 heteroatoms. The molecule has 0 saturated carbocycles. The third kappa shape index (κ3) is 14.1. The summed E-state index contributed by atoms with van der Waals surface area (Å²) in [7, 11) is 0. The number of hydrogen-bond acceptors (Lipinski definition) is 9. The number of aliphatic carboxylic acids is 3. The maximum Gasteiger partial charge on any atom is 1.00 e. The molecule has 0 aromatic rings. The first-order valence-electron chi connectivity index (χ1n) is 3.59. The molecule has 0 saturated heterocycles. The van der Waals surface area contributed by atoms with Crippen LogP contribution in [0, 0.1) is 0 Å². The van der Waals surface area contributed by atoms with Crippen molar-refractivity contribution in [1.29, 1.82) is 0 Å². The number of hydrogen-bond donors (Lipinski definition) is 0. The maximum absolute atomic E-state index is 10.5. The zero-order chi connectivity index (χ0) is 12.9. The minimum Gasteiger partial charge on any atom is -0.750 e. The van der Waals surface area contributed by atoms with E-state index < -0.39 is 47.7 Å². The summed E-state index contributed by atoms with van der Waals surface area (Å²) in [6.07, 6.45) is -3.01. The van der Waals surface area contributed by atoms with Crippen LogP contribution in [0.15, 0.2) is 0 Å². The van der Waals surface area contributed by atoms with Crippen LogP contribution in [-0.2, 0) is 29.9 Å². The van der Waals surface area contributed by atoms with Gasteiger partial charge in [0, 0.05) is 24.8 Å². The van der Waals surface area contributed by atoms with Crippen molar-refractivity contribution in [3.63, 3.8) is 0 Å². The Kier molecular flexibility index (Phi) is 27.7. The Bertz CT molecular complexity index is 309. The summed E-state index contributed by atoms with van der Waals surface area (Å²) in [6.45, 7) is 0. The van der Waals surface area contributed by atoms with E-state index >= 15 is 0 Å². The molecule has 0 N–H and O–H groups in total. The van der Waals surface area contributed by atoms with E-state index in [0.29, 0.717) is 0 Å². The fourth-order valence-electron chi connectivity index (χ4n) is 0.896. The molecule has 1 unspecified atom stereocenters. The van der Waals surface area contributed by atoms with Crippen molar-refractivity contribution in [2.24, 2.45) is 0 Å². The molecule has 0 fully saturated rings. The van der Waals surface area contributed by atoms with Gasteiger partial charge in [-0.1, -0.05) is 0 Å². The van der Waals surface area contributed by atoms with Gasteiger partial charge < -0.3 is 34.3 Å². The zero-order valence-electron chi connectivity index (χ0n) is 11.5. The van der Waals surface area contributed by atoms with Crippen LogP contribution in [0.3, 0.4) is 0 Å². The quantitative estimate of drug-likeness (QED) is 0.321. The van der Waals surface area contributed by atoms with Crippen molar-refractivity contribution >= 4 is 29.3 Å². The van der Waals surface area contributed by atoms with E-state index in [1.54, 1.807) is 0 Å². The van der Waals surface area contributed by atoms with Crippen LogP contribution in [-0.4, -0.2) is 32.3 Å². The van der Waals surface area contributed by atoms with Crippen LogP contribution < -0.4 is 134 Å². The van der Waals surface area contributed by atoms with E-state index in [-0.39, 0.29) is 118 Å². The molecule has 0 aliphatic heterocycles. The molecule has 0 radical (unpaired) electrons. The monoisotopic (exact) mass is 344 g/mol. The van der Waals surface area contributed by atoms with Crippen molar-refractivity contribution in [3.8, 4) is 0 Å². The van der Waals surface area contributed by atoms with E-state index in [4.69, 9.17) is 0 Å². The molecule has 0 aliphatic carbocycles. The number of carbonyl (C=O) groups is 3. The van der Waals surface area contributed by atoms with Crippen LogP contribution in [0.1, 0.15) is 12.8 Å². The Hall–Kier alpha value is 2.48. The van der Waals surface area contributed by atoms with Gasteiger partial charge in [-0.15, -0.1) is 0 Å². The van der Waals surface area contributed by atoms with Crippen molar-refractivity contribution in [2.75, 3.05) is 0 Å². The Morgan fingerprint density at radius 2 is 1.20 bits per heavy atom. The van der Waals surface area contributed by atoms with Crippen LogP contribution in [0.4, 0.5) is 0 Å². The van der Waals surface area contributed by atoms with Gasteiger partial charge in [0.05, 0.1) is 17.3 Å². The molecule has 9 nitrogen and oxygen atoms in total. The minimum absolute atomic E-state index is 0. The number of carboxylic acids is 3. The van der Waals surface area contributed by atoms with Crippen molar-refractivity contribution in [3.05, 3.63) is 0 Å². The molecule has 0 bridgehead atoms. The normalized spacial score (nSPS) is 10.4. The molecule has 0 amide bonds. The summed E-state index contributed by atoms with van der Waals surface area (Å²) >= 11 is -3.44. The number of rotatable bonds is 7. The average molecular weight is 344 g/mol. The second kappa shape index (κ2) is 16.3. The molecule has 20 heavy (non-hydrogen) atoms. The number of carboxylic acid groups (broad SMARTS) is 3. The van der Waals surface area contributed by atoms with Gasteiger partial charge in [0.1, 0.15) is 5.60 Å². The Morgan fingerprint density at radius 3 is 1.35 bits per heavy atom. The van der Waals surface area contributed by atoms with E-state index in [2.05, 4.69) is 4.18 Å². The summed E-state index contributed by atoms with van der Waals surface area (Å²) in [5, 5.41) is 30.9. The smallest absolute Gasteiger partial charge is 0.750 e. The molecule has 0 heterocycles. The molecule has 0 aliphatic rings. The average Bonchev–Trinajstić information content (AvgIpc) is 1.98. The summed E-state index contributed by atoms with van der Waals surface area (Å²) < 4.78 is 24.0. The summed E-state index contributed by atoms with van der Waals surface area (Å²) in [5.41, 5.74) is -3.07. The summed E-state index contributed by atoms with van der Waals surface area (Å²) in [5.74, 6) is -6.35. The molecule has 1 atom stereocenters. The first-order chi connectivity index (χ1) is 7.19. The number of carbonyl (C=O) groups excluding carboxylic acids is 3. The van der Waals surface area contributed by atoms with Gasteiger partial charge in [-0.25, -0.2) is 4.21 Å². The second-order valence-corrected chi connectivity index (χ2v) is 3.24. The van der Waals surface area contributed by atoms with Crippen LogP contribution in [0.25, 0.3) is 0 Å².